The molecule has 1 amide bonds. The molecule has 29 heavy (non-hydrogen) atoms. The van der Waals surface area contributed by atoms with Crippen molar-refractivity contribution in [3.8, 4) is 0 Å². The third-order valence-electron chi connectivity index (χ3n) is 4.97. The molecule has 1 aromatic carbocycles. The number of hydrogen-bond donors (Lipinski definition) is 1. The fraction of sp³-hybridized carbons (Fsp3) is 0.450. The van der Waals surface area contributed by atoms with Crippen LogP contribution in [0.3, 0.4) is 0 Å². The molecule has 1 aliphatic rings. The van der Waals surface area contributed by atoms with Crippen LogP contribution in [-0.2, 0) is 25.9 Å². The summed E-state index contributed by atoms with van der Waals surface area (Å²) in [5.41, 5.74) is 3.76. The number of esters is 1. The second-order valence-corrected chi connectivity index (χ2v) is 9.66. The summed E-state index contributed by atoms with van der Waals surface area (Å²) < 4.78 is 29.8. The van der Waals surface area contributed by atoms with Crippen molar-refractivity contribution in [1.29, 1.82) is 0 Å². The maximum atomic E-state index is 12.5. The van der Waals surface area contributed by atoms with Crippen molar-refractivity contribution in [3.05, 3.63) is 52.3 Å². The Kier molecular flexibility index (Phi) is 6.07. The minimum Gasteiger partial charge on any atom is -0.452 e. The van der Waals surface area contributed by atoms with Crippen molar-refractivity contribution in [2.24, 2.45) is 0 Å². The monoisotopic (exact) mass is 419 g/mol. The van der Waals surface area contributed by atoms with Crippen molar-refractivity contribution < 1.29 is 22.7 Å². The Morgan fingerprint density at radius 2 is 1.90 bits per heavy atom. The Morgan fingerprint density at radius 1 is 1.21 bits per heavy atom. The largest absolute Gasteiger partial charge is 0.452 e. The van der Waals surface area contributed by atoms with Gasteiger partial charge in [-0.25, -0.2) is 13.2 Å². The first-order valence-corrected chi connectivity index (χ1v) is 11.2. The van der Waals surface area contributed by atoms with Gasteiger partial charge in [-0.2, -0.15) is 5.10 Å². The number of nitrogens with one attached hydrogen (secondary N) is 1. The molecule has 0 aliphatic carbocycles. The van der Waals surface area contributed by atoms with Crippen LogP contribution < -0.4 is 5.32 Å². The van der Waals surface area contributed by atoms with Gasteiger partial charge in [-0.15, -0.1) is 0 Å². The molecule has 1 saturated heterocycles. The van der Waals surface area contributed by atoms with Gasteiger partial charge in [-0.1, -0.05) is 29.8 Å². The van der Waals surface area contributed by atoms with E-state index in [1.807, 2.05) is 31.2 Å². The third kappa shape index (κ3) is 5.23. The van der Waals surface area contributed by atoms with Crippen LogP contribution in [-0.4, -0.2) is 54.2 Å². The molecule has 3 rings (SSSR count). The highest BCUT2D eigenvalue weighted by Crippen LogP contribution is 2.17. The minimum atomic E-state index is -3.09. The number of hydrogen-bond acceptors (Lipinski definition) is 6. The molecular weight excluding hydrogens is 394 g/mol. The zero-order chi connectivity index (χ0) is 21.2. The van der Waals surface area contributed by atoms with E-state index in [1.54, 1.807) is 18.5 Å². The predicted octanol–water partition coefficient (Wildman–Crippen LogP) is 1.32. The molecule has 1 N–H and O–H groups in total. The summed E-state index contributed by atoms with van der Waals surface area (Å²) in [6.45, 7) is 5.59. The van der Waals surface area contributed by atoms with Gasteiger partial charge in [0.1, 0.15) is 5.56 Å². The average Bonchev–Trinajstić information content (AvgIpc) is 3.13. The van der Waals surface area contributed by atoms with E-state index in [9.17, 15) is 18.0 Å². The Balaban J connectivity index is 1.60. The summed E-state index contributed by atoms with van der Waals surface area (Å²) in [4.78, 5) is 24.5. The van der Waals surface area contributed by atoms with E-state index in [0.717, 1.165) is 5.56 Å². The fourth-order valence-electron chi connectivity index (χ4n) is 3.39. The number of carbonyl (C=O) groups excluding carboxylic acids is 2. The summed E-state index contributed by atoms with van der Waals surface area (Å²) in [5.74, 6) is -1.14. The second-order valence-electron chi connectivity index (χ2n) is 7.43. The minimum absolute atomic E-state index is 0.0658. The fourth-order valence-corrected chi connectivity index (χ4v) is 5.07. The van der Waals surface area contributed by atoms with Gasteiger partial charge in [0.25, 0.3) is 5.91 Å². The lowest BCUT2D eigenvalue weighted by Crippen LogP contribution is -2.38. The average molecular weight is 420 g/mol. The topological polar surface area (TPSA) is 107 Å². The number of benzene rings is 1. The van der Waals surface area contributed by atoms with E-state index < -0.39 is 34.4 Å². The highest BCUT2D eigenvalue weighted by Gasteiger charge is 2.29. The lowest BCUT2D eigenvalue weighted by Gasteiger charge is -2.11. The van der Waals surface area contributed by atoms with Gasteiger partial charge >= 0.3 is 5.97 Å². The van der Waals surface area contributed by atoms with E-state index in [1.165, 1.54) is 5.56 Å². The lowest BCUT2D eigenvalue weighted by molar-refractivity contribution is -0.124. The number of rotatable bonds is 6. The summed E-state index contributed by atoms with van der Waals surface area (Å²) >= 11 is 0. The maximum Gasteiger partial charge on any atom is 0.342 e. The third-order valence-corrected chi connectivity index (χ3v) is 6.74. The number of sulfone groups is 1. The summed E-state index contributed by atoms with van der Waals surface area (Å²) in [7, 11) is -3.09. The molecule has 0 bridgehead atoms. The standard InChI is InChI=1S/C20H25N3O5S/c1-13-4-6-16(7-5-13)10-23-15(3)19(14(2)22-23)20(25)28-11-18(24)21-17-8-9-29(26,27)12-17/h4-7,17H,8-12H2,1-3H3,(H,21,24)/t17-/m0/s1. The van der Waals surface area contributed by atoms with Gasteiger partial charge in [0, 0.05) is 6.04 Å². The number of carbonyl (C=O) groups is 2. The van der Waals surface area contributed by atoms with Crippen LogP contribution in [0.5, 0.6) is 0 Å². The van der Waals surface area contributed by atoms with Crippen molar-refractivity contribution in [2.75, 3.05) is 18.1 Å². The number of nitrogens with zero attached hydrogens (tertiary/aromatic N) is 2. The first-order valence-electron chi connectivity index (χ1n) is 9.41. The molecular formula is C20H25N3O5S. The molecule has 0 unspecified atom stereocenters. The van der Waals surface area contributed by atoms with E-state index >= 15 is 0 Å². The zero-order valence-electron chi connectivity index (χ0n) is 16.8. The van der Waals surface area contributed by atoms with Crippen molar-refractivity contribution in [2.45, 2.75) is 39.8 Å². The summed E-state index contributed by atoms with van der Waals surface area (Å²) in [5, 5.41) is 7.02. The SMILES string of the molecule is Cc1ccc(Cn2nc(C)c(C(=O)OCC(=O)N[C@H]3CCS(=O)(=O)C3)c2C)cc1. The van der Waals surface area contributed by atoms with E-state index in [2.05, 4.69) is 10.4 Å². The Bertz CT molecular complexity index is 1030. The number of aromatic nitrogens is 2. The first kappa shape index (κ1) is 21.0. The van der Waals surface area contributed by atoms with Gasteiger partial charge in [0.05, 0.1) is 29.4 Å². The van der Waals surface area contributed by atoms with Crippen LogP contribution in [0, 0.1) is 20.8 Å². The van der Waals surface area contributed by atoms with E-state index in [-0.39, 0.29) is 11.5 Å². The van der Waals surface area contributed by atoms with E-state index in [0.29, 0.717) is 29.9 Å². The van der Waals surface area contributed by atoms with Crippen LogP contribution in [0.2, 0.25) is 0 Å². The van der Waals surface area contributed by atoms with Gasteiger partial charge in [0.2, 0.25) is 0 Å². The van der Waals surface area contributed by atoms with Crippen LogP contribution in [0.1, 0.15) is 39.3 Å². The van der Waals surface area contributed by atoms with Crippen LogP contribution in [0.4, 0.5) is 0 Å². The number of ether oxygens (including phenoxy) is 1. The van der Waals surface area contributed by atoms with Crippen LogP contribution in [0.15, 0.2) is 24.3 Å². The highest BCUT2D eigenvalue weighted by molar-refractivity contribution is 7.91. The Labute approximate surface area is 170 Å². The summed E-state index contributed by atoms with van der Waals surface area (Å²) in [6, 6.07) is 7.63. The quantitative estimate of drug-likeness (QED) is 0.708. The second kappa shape index (κ2) is 8.36. The normalized spacial score (nSPS) is 17.8. The molecule has 8 nitrogen and oxygen atoms in total. The van der Waals surface area contributed by atoms with Crippen LogP contribution in [0.25, 0.3) is 0 Å². The number of amides is 1. The maximum absolute atomic E-state index is 12.5. The van der Waals surface area contributed by atoms with Gasteiger partial charge < -0.3 is 10.1 Å². The molecule has 1 fully saturated rings. The van der Waals surface area contributed by atoms with Crippen molar-refractivity contribution in [3.63, 3.8) is 0 Å². The molecule has 1 aromatic heterocycles. The zero-order valence-corrected chi connectivity index (χ0v) is 17.6. The lowest BCUT2D eigenvalue weighted by atomic mass is 10.1. The smallest absolute Gasteiger partial charge is 0.342 e. The Hall–Kier alpha value is -2.68. The van der Waals surface area contributed by atoms with Crippen molar-refractivity contribution >= 4 is 21.7 Å². The molecule has 0 spiro atoms. The first-order chi connectivity index (χ1) is 13.6. The van der Waals surface area contributed by atoms with Crippen molar-refractivity contribution in [1.82, 2.24) is 15.1 Å². The predicted molar refractivity (Wildman–Crippen MR) is 107 cm³/mol. The highest BCUT2D eigenvalue weighted by atomic mass is 32.2. The molecule has 156 valence electrons. The Morgan fingerprint density at radius 3 is 2.52 bits per heavy atom. The summed E-state index contributed by atoms with van der Waals surface area (Å²) in [6.07, 6.45) is 0.381. The molecule has 2 heterocycles. The number of aryl methyl sites for hydroxylation is 2. The molecule has 0 radical (unpaired) electrons. The van der Waals surface area contributed by atoms with Gasteiger partial charge in [0.15, 0.2) is 16.4 Å². The van der Waals surface area contributed by atoms with Crippen LogP contribution >= 0.6 is 0 Å². The van der Waals surface area contributed by atoms with Gasteiger partial charge in [-0.3, -0.25) is 9.48 Å². The molecule has 1 atom stereocenters. The van der Waals surface area contributed by atoms with E-state index in [4.69, 9.17) is 4.74 Å². The molecule has 0 saturated carbocycles. The molecule has 1 aliphatic heterocycles. The van der Waals surface area contributed by atoms with Gasteiger partial charge in [-0.05, 0) is 32.8 Å². The molecule has 9 heteroatoms. The molecule has 2 aromatic rings.